The first kappa shape index (κ1) is 13.2. The van der Waals surface area contributed by atoms with E-state index in [2.05, 4.69) is 12.0 Å². The van der Waals surface area contributed by atoms with Crippen LogP contribution in [0.3, 0.4) is 0 Å². The van der Waals surface area contributed by atoms with Gasteiger partial charge in [-0.05, 0) is 30.5 Å². The van der Waals surface area contributed by atoms with Crippen molar-refractivity contribution < 1.29 is 4.39 Å². The van der Waals surface area contributed by atoms with Gasteiger partial charge in [0.05, 0.1) is 5.02 Å². The van der Waals surface area contributed by atoms with E-state index in [4.69, 9.17) is 17.4 Å². The SMILES string of the molecule is C=C(CC)CC(NN)c1ccc(F)c(Cl)c1. The van der Waals surface area contributed by atoms with Gasteiger partial charge in [-0.15, -0.1) is 0 Å². The van der Waals surface area contributed by atoms with E-state index in [1.807, 2.05) is 6.92 Å². The van der Waals surface area contributed by atoms with E-state index in [1.54, 1.807) is 12.1 Å². The molecule has 0 radical (unpaired) electrons. The summed E-state index contributed by atoms with van der Waals surface area (Å²) >= 11 is 5.72. The highest BCUT2D eigenvalue weighted by molar-refractivity contribution is 6.30. The van der Waals surface area contributed by atoms with Crippen molar-refractivity contribution >= 4 is 11.6 Å². The van der Waals surface area contributed by atoms with E-state index in [0.717, 1.165) is 24.0 Å². The zero-order valence-corrected chi connectivity index (χ0v) is 10.0. The van der Waals surface area contributed by atoms with Crippen LogP contribution in [0, 0.1) is 5.82 Å². The standard InChI is InChI=1S/C12H16ClFN2/c1-3-8(2)6-12(16-15)9-4-5-11(14)10(13)7-9/h4-5,7,12,16H,2-3,6,15H2,1H3. The maximum Gasteiger partial charge on any atom is 0.141 e. The lowest BCUT2D eigenvalue weighted by molar-refractivity contribution is 0.542. The second-order valence-corrected chi connectivity index (χ2v) is 4.11. The molecule has 1 unspecified atom stereocenters. The van der Waals surface area contributed by atoms with Gasteiger partial charge in [0.25, 0.3) is 0 Å². The van der Waals surface area contributed by atoms with Crippen molar-refractivity contribution in [1.82, 2.24) is 5.43 Å². The van der Waals surface area contributed by atoms with Crippen LogP contribution < -0.4 is 11.3 Å². The van der Waals surface area contributed by atoms with Crippen molar-refractivity contribution in [3.63, 3.8) is 0 Å². The molecule has 0 spiro atoms. The molecule has 0 aliphatic rings. The first-order valence-corrected chi connectivity index (χ1v) is 5.54. The van der Waals surface area contributed by atoms with Crippen molar-refractivity contribution in [2.75, 3.05) is 0 Å². The van der Waals surface area contributed by atoms with Crippen LogP contribution in [0.1, 0.15) is 31.4 Å². The number of hydrogen-bond donors (Lipinski definition) is 2. The van der Waals surface area contributed by atoms with E-state index >= 15 is 0 Å². The van der Waals surface area contributed by atoms with E-state index in [0.29, 0.717) is 0 Å². The second-order valence-electron chi connectivity index (χ2n) is 3.70. The number of rotatable bonds is 5. The molecule has 0 heterocycles. The summed E-state index contributed by atoms with van der Waals surface area (Å²) in [5.41, 5.74) is 4.64. The predicted molar refractivity (Wildman–Crippen MR) is 65.5 cm³/mol. The smallest absolute Gasteiger partial charge is 0.141 e. The lowest BCUT2D eigenvalue weighted by Gasteiger charge is -2.17. The van der Waals surface area contributed by atoms with Crippen LogP contribution in [0.2, 0.25) is 5.02 Å². The summed E-state index contributed by atoms with van der Waals surface area (Å²) in [4.78, 5) is 0. The quantitative estimate of drug-likeness (QED) is 0.472. The fourth-order valence-electron chi connectivity index (χ4n) is 1.44. The Hall–Kier alpha value is -0.900. The topological polar surface area (TPSA) is 38.0 Å². The molecule has 0 amide bonds. The Bertz CT molecular complexity index is 379. The summed E-state index contributed by atoms with van der Waals surface area (Å²) < 4.78 is 13.0. The van der Waals surface area contributed by atoms with Gasteiger partial charge in [0.2, 0.25) is 0 Å². The average Bonchev–Trinajstić information content (AvgIpc) is 2.29. The largest absolute Gasteiger partial charge is 0.271 e. The van der Waals surface area contributed by atoms with Gasteiger partial charge < -0.3 is 0 Å². The molecule has 16 heavy (non-hydrogen) atoms. The third-order valence-electron chi connectivity index (χ3n) is 2.54. The van der Waals surface area contributed by atoms with E-state index in [1.165, 1.54) is 6.07 Å². The van der Waals surface area contributed by atoms with Crippen molar-refractivity contribution in [2.24, 2.45) is 5.84 Å². The summed E-state index contributed by atoms with van der Waals surface area (Å²) in [5, 5.41) is 0.111. The summed E-state index contributed by atoms with van der Waals surface area (Å²) in [7, 11) is 0. The number of hydrazine groups is 1. The minimum atomic E-state index is -0.421. The monoisotopic (exact) mass is 242 g/mol. The Morgan fingerprint density at radius 1 is 1.62 bits per heavy atom. The fraction of sp³-hybridized carbons (Fsp3) is 0.333. The van der Waals surface area contributed by atoms with Gasteiger partial charge in [-0.25, -0.2) is 4.39 Å². The molecule has 1 atom stereocenters. The average molecular weight is 243 g/mol. The molecule has 0 aliphatic heterocycles. The van der Waals surface area contributed by atoms with Gasteiger partial charge in [-0.1, -0.05) is 36.7 Å². The highest BCUT2D eigenvalue weighted by atomic mass is 35.5. The summed E-state index contributed by atoms with van der Waals surface area (Å²) in [6.07, 6.45) is 1.61. The number of benzene rings is 1. The van der Waals surface area contributed by atoms with Gasteiger partial charge in [-0.3, -0.25) is 11.3 Å². The summed E-state index contributed by atoms with van der Waals surface area (Å²) in [6.45, 7) is 5.96. The zero-order chi connectivity index (χ0) is 12.1. The van der Waals surface area contributed by atoms with E-state index in [-0.39, 0.29) is 11.1 Å². The molecular weight excluding hydrogens is 227 g/mol. The zero-order valence-electron chi connectivity index (χ0n) is 9.26. The molecule has 2 nitrogen and oxygen atoms in total. The maximum absolute atomic E-state index is 13.0. The van der Waals surface area contributed by atoms with Gasteiger partial charge >= 0.3 is 0 Å². The van der Waals surface area contributed by atoms with Crippen LogP contribution >= 0.6 is 11.6 Å². The van der Waals surface area contributed by atoms with Crippen molar-refractivity contribution in [2.45, 2.75) is 25.8 Å². The molecule has 0 aliphatic carbocycles. The molecule has 0 aromatic heterocycles. The summed E-state index contributed by atoms with van der Waals surface area (Å²) in [6, 6.07) is 4.53. The van der Waals surface area contributed by atoms with Crippen LogP contribution in [-0.2, 0) is 0 Å². The molecule has 1 aromatic rings. The van der Waals surface area contributed by atoms with Gasteiger partial charge in [0, 0.05) is 6.04 Å². The van der Waals surface area contributed by atoms with E-state index in [9.17, 15) is 4.39 Å². The molecule has 1 rings (SSSR count). The lowest BCUT2D eigenvalue weighted by atomic mass is 9.99. The Morgan fingerprint density at radius 3 is 2.81 bits per heavy atom. The lowest BCUT2D eigenvalue weighted by Crippen LogP contribution is -2.28. The van der Waals surface area contributed by atoms with Gasteiger partial charge in [-0.2, -0.15) is 0 Å². The third kappa shape index (κ3) is 3.30. The first-order valence-electron chi connectivity index (χ1n) is 5.16. The van der Waals surface area contributed by atoms with Crippen molar-refractivity contribution in [3.8, 4) is 0 Å². The minimum Gasteiger partial charge on any atom is -0.271 e. The molecule has 0 bridgehead atoms. The molecule has 0 fully saturated rings. The van der Waals surface area contributed by atoms with Crippen LogP contribution in [0.5, 0.6) is 0 Å². The molecular formula is C12H16ClFN2. The Balaban J connectivity index is 2.86. The van der Waals surface area contributed by atoms with Crippen molar-refractivity contribution in [3.05, 3.63) is 46.8 Å². The second kappa shape index (κ2) is 5.99. The van der Waals surface area contributed by atoms with Crippen LogP contribution in [0.4, 0.5) is 4.39 Å². The number of nitrogens with two attached hydrogens (primary N) is 1. The maximum atomic E-state index is 13.0. The van der Waals surface area contributed by atoms with Crippen molar-refractivity contribution in [1.29, 1.82) is 0 Å². The molecule has 1 aromatic carbocycles. The molecule has 3 N–H and O–H groups in total. The predicted octanol–water partition coefficient (Wildman–Crippen LogP) is 3.34. The first-order chi connectivity index (χ1) is 7.58. The number of hydrogen-bond acceptors (Lipinski definition) is 2. The highest BCUT2D eigenvalue weighted by Crippen LogP contribution is 2.25. The van der Waals surface area contributed by atoms with Crippen LogP contribution in [-0.4, -0.2) is 0 Å². The molecule has 0 saturated carbocycles. The summed E-state index contributed by atoms with van der Waals surface area (Å²) in [5.74, 6) is 5.05. The number of halogens is 2. The molecule has 88 valence electrons. The number of nitrogens with one attached hydrogen (secondary N) is 1. The Labute approximate surface area is 100 Å². The Kier molecular flexibility index (Phi) is 4.93. The van der Waals surface area contributed by atoms with Crippen LogP contribution in [0.25, 0.3) is 0 Å². The third-order valence-corrected chi connectivity index (χ3v) is 2.83. The van der Waals surface area contributed by atoms with E-state index < -0.39 is 5.82 Å². The molecule has 0 saturated heterocycles. The van der Waals surface area contributed by atoms with Gasteiger partial charge in [0.1, 0.15) is 5.82 Å². The van der Waals surface area contributed by atoms with Gasteiger partial charge in [0.15, 0.2) is 0 Å². The van der Waals surface area contributed by atoms with Crippen LogP contribution in [0.15, 0.2) is 30.4 Å². The fourth-order valence-corrected chi connectivity index (χ4v) is 1.62. The minimum absolute atomic E-state index is 0.0782. The normalized spacial score (nSPS) is 12.5. The Morgan fingerprint density at radius 2 is 2.31 bits per heavy atom. The highest BCUT2D eigenvalue weighted by Gasteiger charge is 2.12. The molecule has 4 heteroatoms.